The van der Waals surface area contributed by atoms with E-state index >= 15 is 0 Å². The van der Waals surface area contributed by atoms with Gasteiger partial charge in [0.2, 0.25) is 0 Å². The Labute approximate surface area is 116 Å². The van der Waals surface area contributed by atoms with Gasteiger partial charge in [0.05, 0.1) is 12.3 Å². The molecular formula is C16H26N2O. The second-order valence-corrected chi connectivity index (χ2v) is 5.77. The molecule has 0 amide bonds. The molecule has 1 aromatic carbocycles. The molecule has 1 saturated carbocycles. The first-order valence-corrected chi connectivity index (χ1v) is 7.40. The minimum Gasteiger partial charge on any atom is -0.491 e. The number of rotatable bonds is 5. The van der Waals surface area contributed by atoms with E-state index in [0.29, 0.717) is 18.3 Å². The van der Waals surface area contributed by atoms with Crippen molar-refractivity contribution in [2.24, 2.45) is 11.8 Å². The van der Waals surface area contributed by atoms with Gasteiger partial charge in [0.25, 0.3) is 0 Å². The molecule has 3 heteroatoms. The highest BCUT2D eigenvalue weighted by atomic mass is 16.5. The number of anilines is 2. The number of hydrogen-bond acceptors (Lipinski definition) is 3. The SMILES string of the molecule is CCCOc1cc(NC2CCC(C)C2C)ccc1N. The molecule has 1 aliphatic rings. The minimum atomic E-state index is 0.567. The second-order valence-electron chi connectivity index (χ2n) is 5.77. The third-order valence-corrected chi connectivity index (χ3v) is 4.29. The van der Waals surface area contributed by atoms with Crippen molar-refractivity contribution in [1.29, 1.82) is 0 Å². The highest BCUT2D eigenvalue weighted by Crippen LogP contribution is 2.34. The molecule has 19 heavy (non-hydrogen) atoms. The smallest absolute Gasteiger partial charge is 0.144 e. The Morgan fingerprint density at radius 3 is 2.74 bits per heavy atom. The zero-order chi connectivity index (χ0) is 13.8. The van der Waals surface area contributed by atoms with Crippen LogP contribution < -0.4 is 15.8 Å². The molecule has 3 N–H and O–H groups in total. The van der Waals surface area contributed by atoms with Gasteiger partial charge in [-0.15, -0.1) is 0 Å². The van der Waals surface area contributed by atoms with E-state index < -0.39 is 0 Å². The summed E-state index contributed by atoms with van der Waals surface area (Å²) in [5, 5.41) is 3.63. The van der Waals surface area contributed by atoms with E-state index in [9.17, 15) is 0 Å². The lowest BCUT2D eigenvalue weighted by molar-refractivity contribution is 0.319. The Morgan fingerprint density at radius 1 is 1.32 bits per heavy atom. The predicted octanol–water partition coefficient (Wildman–Crippen LogP) is 3.90. The van der Waals surface area contributed by atoms with Crippen molar-refractivity contribution in [2.45, 2.75) is 46.1 Å². The van der Waals surface area contributed by atoms with Crippen molar-refractivity contribution in [3.8, 4) is 5.75 Å². The largest absolute Gasteiger partial charge is 0.491 e. The molecular weight excluding hydrogens is 236 g/mol. The molecule has 0 spiro atoms. The molecule has 2 rings (SSSR count). The number of nitrogens with two attached hydrogens (primary N) is 1. The monoisotopic (exact) mass is 262 g/mol. The van der Waals surface area contributed by atoms with Gasteiger partial charge >= 0.3 is 0 Å². The first kappa shape index (κ1) is 14.0. The van der Waals surface area contributed by atoms with Crippen LogP contribution >= 0.6 is 0 Å². The summed E-state index contributed by atoms with van der Waals surface area (Å²) in [4.78, 5) is 0. The molecule has 106 valence electrons. The predicted molar refractivity (Wildman–Crippen MR) is 81.6 cm³/mol. The van der Waals surface area contributed by atoms with Gasteiger partial charge in [-0.3, -0.25) is 0 Å². The molecule has 0 aromatic heterocycles. The number of hydrogen-bond donors (Lipinski definition) is 2. The van der Waals surface area contributed by atoms with Crippen LogP contribution in [-0.4, -0.2) is 12.6 Å². The van der Waals surface area contributed by atoms with E-state index in [2.05, 4.69) is 26.1 Å². The summed E-state index contributed by atoms with van der Waals surface area (Å²) in [7, 11) is 0. The first-order valence-electron chi connectivity index (χ1n) is 7.40. The molecule has 0 aliphatic heterocycles. The molecule has 3 nitrogen and oxygen atoms in total. The van der Waals surface area contributed by atoms with Crippen LogP contribution in [-0.2, 0) is 0 Å². The van der Waals surface area contributed by atoms with Gasteiger partial charge in [-0.1, -0.05) is 20.8 Å². The summed E-state index contributed by atoms with van der Waals surface area (Å²) < 4.78 is 5.67. The number of nitrogens with one attached hydrogen (secondary N) is 1. The molecule has 1 aliphatic carbocycles. The third kappa shape index (κ3) is 3.34. The zero-order valence-corrected chi connectivity index (χ0v) is 12.3. The first-order chi connectivity index (χ1) is 9.11. The average molecular weight is 262 g/mol. The highest BCUT2D eigenvalue weighted by molar-refractivity contribution is 5.61. The summed E-state index contributed by atoms with van der Waals surface area (Å²) in [6, 6.07) is 6.57. The molecule has 0 saturated heterocycles. The van der Waals surface area contributed by atoms with Gasteiger partial charge in [0, 0.05) is 17.8 Å². The van der Waals surface area contributed by atoms with Gasteiger partial charge in [-0.05, 0) is 43.2 Å². The summed E-state index contributed by atoms with van der Waals surface area (Å²) in [5.74, 6) is 2.32. The lowest BCUT2D eigenvalue weighted by atomic mass is 9.97. The van der Waals surface area contributed by atoms with Crippen LogP contribution in [0.2, 0.25) is 0 Å². The molecule has 0 heterocycles. The maximum atomic E-state index is 5.93. The molecule has 1 fully saturated rings. The van der Waals surface area contributed by atoms with Crippen molar-refractivity contribution in [3.63, 3.8) is 0 Å². The number of nitrogen functional groups attached to an aromatic ring is 1. The highest BCUT2D eigenvalue weighted by Gasteiger charge is 2.29. The summed E-state index contributed by atoms with van der Waals surface area (Å²) in [6.07, 6.45) is 3.55. The van der Waals surface area contributed by atoms with Gasteiger partial charge < -0.3 is 15.8 Å². The van der Waals surface area contributed by atoms with Crippen LogP contribution in [0.5, 0.6) is 5.75 Å². The maximum Gasteiger partial charge on any atom is 0.144 e. The van der Waals surface area contributed by atoms with Crippen molar-refractivity contribution in [3.05, 3.63) is 18.2 Å². The van der Waals surface area contributed by atoms with Crippen molar-refractivity contribution >= 4 is 11.4 Å². The molecule has 3 atom stereocenters. The van der Waals surface area contributed by atoms with E-state index in [1.807, 2.05) is 18.2 Å². The standard InChI is InChI=1S/C16H26N2O/c1-4-9-19-16-10-13(6-7-14(16)17)18-15-8-5-11(2)12(15)3/h6-7,10-12,15,18H,4-5,8-9,17H2,1-3H3. The summed E-state index contributed by atoms with van der Waals surface area (Å²) in [6.45, 7) is 7.48. The van der Waals surface area contributed by atoms with Crippen LogP contribution in [0.15, 0.2) is 18.2 Å². The number of ether oxygens (including phenoxy) is 1. The van der Waals surface area contributed by atoms with E-state index in [0.717, 1.165) is 29.7 Å². The van der Waals surface area contributed by atoms with Gasteiger partial charge in [-0.2, -0.15) is 0 Å². The van der Waals surface area contributed by atoms with Crippen LogP contribution in [0.3, 0.4) is 0 Å². The fourth-order valence-electron chi connectivity index (χ4n) is 2.74. The Morgan fingerprint density at radius 2 is 2.11 bits per heavy atom. The van der Waals surface area contributed by atoms with E-state index in [-0.39, 0.29) is 0 Å². The van der Waals surface area contributed by atoms with Crippen molar-refractivity contribution < 1.29 is 4.74 Å². The molecule has 0 bridgehead atoms. The van der Waals surface area contributed by atoms with Crippen LogP contribution in [0, 0.1) is 11.8 Å². The quantitative estimate of drug-likeness (QED) is 0.791. The lowest BCUT2D eigenvalue weighted by Crippen LogP contribution is -2.24. The van der Waals surface area contributed by atoms with Crippen molar-refractivity contribution in [1.82, 2.24) is 0 Å². The van der Waals surface area contributed by atoms with Gasteiger partial charge in [0.1, 0.15) is 5.75 Å². The topological polar surface area (TPSA) is 47.3 Å². The van der Waals surface area contributed by atoms with Crippen LogP contribution in [0.1, 0.15) is 40.0 Å². The Hall–Kier alpha value is -1.38. The maximum absolute atomic E-state index is 5.93. The molecule has 0 radical (unpaired) electrons. The van der Waals surface area contributed by atoms with E-state index in [1.165, 1.54) is 12.8 Å². The fourth-order valence-corrected chi connectivity index (χ4v) is 2.74. The molecule has 3 unspecified atom stereocenters. The molecule has 1 aromatic rings. The zero-order valence-electron chi connectivity index (χ0n) is 12.3. The Balaban J connectivity index is 2.04. The summed E-state index contributed by atoms with van der Waals surface area (Å²) in [5.41, 5.74) is 7.77. The Kier molecular flexibility index (Phi) is 4.56. The van der Waals surface area contributed by atoms with E-state index in [4.69, 9.17) is 10.5 Å². The normalized spacial score (nSPS) is 26.4. The Bertz CT molecular complexity index is 419. The minimum absolute atomic E-state index is 0.567. The van der Waals surface area contributed by atoms with E-state index in [1.54, 1.807) is 0 Å². The van der Waals surface area contributed by atoms with Crippen LogP contribution in [0.25, 0.3) is 0 Å². The van der Waals surface area contributed by atoms with Crippen LogP contribution in [0.4, 0.5) is 11.4 Å². The second kappa shape index (κ2) is 6.18. The average Bonchev–Trinajstić information content (AvgIpc) is 2.71. The third-order valence-electron chi connectivity index (χ3n) is 4.29. The number of benzene rings is 1. The van der Waals surface area contributed by atoms with Gasteiger partial charge in [-0.25, -0.2) is 0 Å². The summed E-state index contributed by atoms with van der Waals surface area (Å²) >= 11 is 0. The lowest BCUT2D eigenvalue weighted by Gasteiger charge is -2.21. The van der Waals surface area contributed by atoms with Crippen molar-refractivity contribution in [2.75, 3.05) is 17.7 Å². The fraction of sp³-hybridized carbons (Fsp3) is 0.625. The van der Waals surface area contributed by atoms with Gasteiger partial charge in [0.15, 0.2) is 0 Å².